The molecule has 0 aromatic rings. The van der Waals surface area contributed by atoms with Crippen LogP contribution in [0.25, 0.3) is 0 Å². The maximum atomic E-state index is 6.05. The van der Waals surface area contributed by atoms with Crippen molar-refractivity contribution in [3.05, 3.63) is 0 Å². The van der Waals surface area contributed by atoms with Crippen LogP contribution in [0, 0.1) is 0 Å². The van der Waals surface area contributed by atoms with Gasteiger partial charge in [0.15, 0.2) is 12.6 Å². The summed E-state index contributed by atoms with van der Waals surface area (Å²) in [5.41, 5.74) is 0. The molecule has 0 aliphatic rings. The predicted octanol–water partition coefficient (Wildman–Crippen LogP) is 6.11. The highest BCUT2D eigenvalue weighted by atomic mass is 35.5. The quantitative estimate of drug-likeness (QED) is 0.165. The van der Waals surface area contributed by atoms with Gasteiger partial charge in [-0.2, -0.15) is 0 Å². The highest BCUT2D eigenvalue weighted by molar-refractivity contribution is 6.18. The van der Waals surface area contributed by atoms with Gasteiger partial charge in [-0.1, -0.05) is 25.7 Å². The van der Waals surface area contributed by atoms with E-state index in [2.05, 4.69) is 0 Å². The Morgan fingerprint density at radius 3 is 1.35 bits per heavy atom. The third kappa shape index (κ3) is 15.7. The lowest BCUT2D eigenvalue weighted by Gasteiger charge is -2.24. The Kier molecular flexibility index (Phi) is 19.2. The molecule has 0 aromatic carbocycles. The van der Waals surface area contributed by atoms with E-state index in [1.54, 1.807) is 0 Å². The van der Waals surface area contributed by atoms with Crippen molar-refractivity contribution in [2.45, 2.75) is 90.6 Å². The molecule has 5 heteroatoms. The molecule has 0 aliphatic carbocycles. The standard InChI is InChI=1S/C18H36Cl2O3/c1-3-21-17(13-9-5-7-11-15-19)23-18(22-4-2)14-10-6-8-12-16-20/h17-18H,3-16H2,1-2H3. The summed E-state index contributed by atoms with van der Waals surface area (Å²) in [6, 6.07) is 0. The highest BCUT2D eigenvalue weighted by Gasteiger charge is 2.16. The summed E-state index contributed by atoms with van der Waals surface area (Å²) in [5, 5.41) is 0. The first-order valence-electron chi connectivity index (χ1n) is 9.29. The maximum absolute atomic E-state index is 6.05. The van der Waals surface area contributed by atoms with Gasteiger partial charge >= 0.3 is 0 Å². The van der Waals surface area contributed by atoms with Gasteiger partial charge in [0, 0.05) is 25.0 Å². The molecule has 0 amide bonds. The van der Waals surface area contributed by atoms with Gasteiger partial charge in [0.2, 0.25) is 0 Å². The molecule has 0 fully saturated rings. The van der Waals surface area contributed by atoms with Gasteiger partial charge in [0.05, 0.1) is 0 Å². The molecule has 2 atom stereocenters. The van der Waals surface area contributed by atoms with Gasteiger partial charge in [-0.3, -0.25) is 0 Å². The Balaban J connectivity index is 4.02. The molecule has 0 rings (SSSR count). The van der Waals surface area contributed by atoms with Gasteiger partial charge in [-0.05, 0) is 52.4 Å². The van der Waals surface area contributed by atoms with E-state index in [0.717, 1.165) is 50.3 Å². The van der Waals surface area contributed by atoms with Crippen LogP contribution in [0.1, 0.15) is 78.1 Å². The molecule has 2 unspecified atom stereocenters. The van der Waals surface area contributed by atoms with Gasteiger partial charge < -0.3 is 14.2 Å². The lowest BCUT2D eigenvalue weighted by atomic mass is 10.1. The summed E-state index contributed by atoms with van der Waals surface area (Å²) < 4.78 is 17.5. The molecule has 140 valence electrons. The van der Waals surface area contributed by atoms with Crippen molar-refractivity contribution in [2.24, 2.45) is 0 Å². The number of hydrogen-bond donors (Lipinski definition) is 0. The van der Waals surface area contributed by atoms with Gasteiger partial charge in [0.25, 0.3) is 0 Å². The van der Waals surface area contributed by atoms with Gasteiger partial charge in [-0.15, -0.1) is 23.2 Å². The van der Waals surface area contributed by atoms with Crippen LogP contribution >= 0.6 is 23.2 Å². The molecule has 0 N–H and O–H groups in total. The first kappa shape index (κ1) is 23.5. The summed E-state index contributed by atoms with van der Waals surface area (Å²) in [6.45, 7) is 5.35. The Labute approximate surface area is 153 Å². The Morgan fingerprint density at radius 2 is 1.00 bits per heavy atom. The Bertz CT molecular complexity index is 208. The highest BCUT2D eigenvalue weighted by Crippen LogP contribution is 2.16. The SMILES string of the molecule is CCOC(CCCCCCCl)OC(CCCCCCCl)OCC. The summed E-state index contributed by atoms with van der Waals surface area (Å²) in [7, 11) is 0. The zero-order valence-electron chi connectivity index (χ0n) is 15.0. The molecule has 0 radical (unpaired) electrons. The van der Waals surface area contributed by atoms with E-state index >= 15 is 0 Å². The summed E-state index contributed by atoms with van der Waals surface area (Å²) in [4.78, 5) is 0. The zero-order valence-corrected chi connectivity index (χ0v) is 16.5. The summed E-state index contributed by atoms with van der Waals surface area (Å²) in [6.07, 6.45) is 10.6. The van der Waals surface area contributed by atoms with E-state index in [9.17, 15) is 0 Å². The van der Waals surface area contributed by atoms with Gasteiger partial charge in [0.1, 0.15) is 0 Å². The van der Waals surface area contributed by atoms with Crippen LogP contribution < -0.4 is 0 Å². The van der Waals surface area contributed by atoms with Crippen LogP contribution in [0.5, 0.6) is 0 Å². The fourth-order valence-corrected chi connectivity index (χ4v) is 2.82. The lowest BCUT2D eigenvalue weighted by molar-refractivity contribution is -0.247. The van der Waals surface area contributed by atoms with E-state index < -0.39 is 0 Å². The number of hydrogen-bond acceptors (Lipinski definition) is 3. The second kappa shape index (κ2) is 18.8. The Hall–Kier alpha value is 0.460. The average Bonchev–Trinajstić information content (AvgIpc) is 2.54. The normalized spacial score (nSPS) is 14.1. The van der Waals surface area contributed by atoms with E-state index in [1.165, 1.54) is 25.7 Å². The van der Waals surface area contributed by atoms with Crippen LogP contribution in [0.3, 0.4) is 0 Å². The molecule has 0 aromatic heterocycles. The minimum absolute atomic E-state index is 0.157. The smallest absolute Gasteiger partial charge is 0.160 e. The molecule has 0 saturated carbocycles. The second-order valence-corrected chi connectivity index (χ2v) is 6.45. The topological polar surface area (TPSA) is 27.7 Å². The monoisotopic (exact) mass is 370 g/mol. The van der Waals surface area contributed by atoms with Crippen molar-refractivity contribution in [3.8, 4) is 0 Å². The first-order chi connectivity index (χ1) is 11.3. The van der Waals surface area contributed by atoms with Crippen molar-refractivity contribution in [2.75, 3.05) is 25.0 Å². The minimum atomic E-state index is -0.157. The van der Waals surface area contributed by atoms with E-state index in [1.807, 2.05) is 13.8 Å². The van der Waals surface area contributed by atoms with Crippen LogP contribution in [0.2, 0.25) is 0 Å². The number of ether oxygens (including phenoxy) is 3. The molecule has 23 heavy (non-hydrogen) atoms. The van der Waals surface area contributed by atoms with Gasteiger partial charge in [-0.25, -0.2) is 0 Å². The largest absolute Gasteiger partial charge is 0.353 e. The van der Waals surface area contributed by atoms with Crippen LogP contribution in [-0.2, 0) is 14.2 Å². The molecule has 0 spiro atoms. The minimum Gasteiger partial charge on any atom is -0.353 e. The zero-order chi connectivity index (χ0) is 17.2. The average molecular weight is 371 g/mol. The fraction of sp³-hybridized carbons (Fsp3) is 1.00. The number of unbranched alkanes of at least 4 members (excludes halogenated alkanes) is 6. The van der Waals surface area contributed by atoms with Crippen molar-refractivity contribution in [1.29, 1.82) is 0 Å². The number of rotatable bonds is 18. The van der Waals surface area contributed by atoms with E-state index in [4.69, 9.17) is 37.4 Å². The molecule has 0 saturated heterocycles. The van der Waals surface area contributed by atoms with E-state index in [0.29, 0.717) is 13.2 Å². The predicted molar refractivity (Wildman–Crippen MR) is 99.5 cm³/mol. The number of halogens is 2. The van der Waals surface area contributed by atoms with E-state index in [-0.39, 0.29) is 12.6 Å². The molecule has 3 nitrogen and oxygen atoms in total. The Morgan fingerprint density at radius 1 is 0.609 bits per heavy atom. The fourth-order valence-electron chi connectivity index (χ4n) is 2.44. The van der Waals surface area contributed by atoms with Crippen molar-refractivity contribution < 1.29 is 14.2 Å². The number of alkyl halides is 2. The molecule has 0 bridgehead atoms. The molecule has 0 heterocycles. The summed E-state index contributed by atoms with van der Waals surface area (Å²) in [5.74, 6) is 1.50. The third-order valence-corrected chi connectivity index (χ3v) is 4.19. The molecule has 0 aliphatic heterocycles. The van der Waals surface area contributed by atoms with Crippen molar-refractivity contribution in [1.82, 2.24) is 0 Å². The third-order valence-electron chi connectivity index (χ3n) is 3.66. The molecular weight excluding hydrogens is 335 g/mol. The second-order valence-electron chi connectivity index (χ2n) is 5.69. The lowest BCUT2D eigenvalue weighted by Crippen LogP contribution is -2.27. The van der Waals surface area contributed by atoms with Crippen molar-refractivity contribution >= 4 is 23.2 Å². The maximum Gasteiger partial charge on any atom is 0.160 e. The van der Waals surface area contributed by atoms with Crippen LogP contribution in [0.4, 0.5) is 0 Å². The van der Waals surface area contributed by atoms with Crippen molar-refractivity contribution in [3.63, 3.8) is 0 Å². The van der Waals surface area contributed by atoms with Crippen LogP contribution in [0.15, 0.2) is 0 Å². The summed E-state index contributed by atoms with van der Waals surface area (Å²) >= 11 is 11.4. The first-order valence-corrected chi connectivity index (χ1v) is 10.4. The van der Waals surface area contributed by atoms with Crippen LogP contribution in [-0.4, -0.2) is 37.6 Å². The molecular formula is C18H36Cl2O3.